The highest BCUT2D eigenvalue weighted by Gasteiger charge is 2.10. The van der Waals surface area contributed by atoms with Gasteiger partial charge in [-0.25, -0.2) is 0 Å². The van der Waals surface area contributed by atoms with Crippen LogP contribution in [0.5, 0.6) is 5.75 Å². The van der Waals surface area contributed by atoms with Crippen LogP contribution >= 0.6 is 0 Å². The molecule has 0 bridgehead atoms. The summed E-state index contributed by atoms with van der Waals surface area (Å²) in [7, 11) is -0.823. The fourth-order valence-corrected chi connectivity index (χ4v) is 3.24. The molecule has 1 rings (SSSR count). The Balaban J connectivity index is 2.46. The lowest BCUT2D eigenvalue weighted by atomic mass is 10.1. The van der Waals surface area contributed by atoms with Crippen molar-refractivity contribution in [2.24, 2.45) is 5.73 Å². The van der Waals surface area contributed by atoms with E-state index in [0.717, 1.165) is 36.3 Å². The van der Waals surface area contributed by atoms with E-state index in [0.29, 0.717) is 5.75 Å². The zero-order valence-corrected chi connectivity index (χ0v) is 13.6. The third kappa shape index (κ3) is 6.53. The minimum absolute atomic E-state index is 0.162. The Hall–Kier alpha value is -0.870. The summed E-state index contributed by atoms with van der Waals surface area (Å²) in [5.41, 5.74) is 7.14. The van der Waals surface area contributed by atoms with Gasteiger partial charge in [-0.2, -0.15) is 0 Å². The van der Waals surface area contributed by atoms with Crippen molar-refractivity contribution < 1.29 is 8.95 Å². The van der Waals surface area contributed by atoms with E-state index in [4.69, 9.17) is 10.5 Å². The maximum absolute atomic E-state index is 11.9. The monoisotopic (exact) mass is 297 g/mol. The van der Waals surface area contributed by atoms with E-state index >= 15 is 0 Å². The third-order valence-corrected chi connectivity index (χ3v) is 4.50. The normalized spacial score (nSPS) is 14.2. The first kappa shape index (κ1) is 17.2. The van der Waals surface area contributed by atoms with Gasteiger partial charge in [-0.3, -0.25) is 4.21 Å². The van der Waals surface area contributed by atoms with Crippen molar-refractivity contribution in [1.29, 1.82) is 0 Å². The molecule has 2 atom stereocenters. The number of hydrogen-bond donors (Lipinski definition) is 1. The molecule has 0 fully saturated rings. The summed E-state index contributed by atoms with van der Waals surface area (Å²) in [5.74, 6) is 2.14. The third-order valence-electron chi connectivity index (χ3n) is 3.02. The molecular weight excluding hydrogens is 270 g/mol. The van der Waals surface area contributed by atoms with Crippen LogP contribution in [0.3, 0.4) is 0 Å². The summed E-state index contributed by atoms with van der Waals surface area (Å²) in [4.78, 5) is 0. The largest absolute Gasteiger partial charge is 0.491 e. The van der Waals surface area contributed by atoms with Crippen molar-refractivity contribution in [2.45, 2.75) is 52.2 Å². The van der Waals surface area contributed by atoms with Crippen molar-refractivity contribution in [3.63, 3.8) is 0 Å². The minimum atomic E-state index is -0.823. The lowest BCUT2D eigenvalue weighted by Gasteiger charge is -2.14. The number of ether oxygens (including phenoxy) is 1. The van der Waals surface area contributed by atoms with Crippen molar-refractivity contribution in [3.8, 4) is 5.75 Å². The lowest BCUT2D eigenvalue weighted by Crippen LogP contribution is -2.19. The highest BCUT2D eigenvalue weighted by molar-refractivity contribution is 7.85. The van der Waals surface area contributed by atoms with Crippen LogP contribution in [-0.2, 0) is 10.8 Å². The molecule has 3 nitrogen and oxygen atoms in total. The van der Waals surface area contributed by atoms with E-state index in [9.17, 15) is 4.21 Å². The maximum atomic E-state index is 11.9. The molecule has 0 amide bonds. The van der Waals surface area contributed by atoms with E-state index in [1.54, 1.807) is 0 Å². The summed E-state index contributed by atoms with van der Waals surface area (Å²) in [6.07, 6.45) is 3.49. The van der Waals surface area contributed by atoms with Gasteiger partial charge in [-0.05, 0) is 38.0 Å². The van der Waals surface area contributed by atoms with Crippen LogP contribution in [0.15, 0.2) is 24.3 Å². The number of hydrogen-bond acceptors (Lipinski definition) is 3. The topological polar surface area (TPSA) is 52.3 Å². The number of rotatable bonds is 9. The van der Waals surface area contributed by atoms with Gasteiger partial charge in [-0.1, -0.05) is 31.9 Å². The van der Waals surface area contributed by atoms with Gasteiger partial charge in [0.2, 0.25) is 0 Å². The maximum Gasteiger partial charge on any atom is 0.119 e. The predicted octanol–water partition coefficient (Wildman–Crippen LogP) is 3.41. The van der Waals surface area contributed by atoms with Gasteiger partial charge in [0.25, 0.3) is 0 Å². The van der Waals surface area contributed by atoms with Gasteiger partial charge < -0.3 is 10.5 Å². The number of unbranched alkanes of at least 4 members (excludes halogenated alkanes) is 2. The Kier molecular flexibility index (Phi) is 7.85. The molecule has 4 heteroatoms. The first-order valence-corrected chi connectivity index (χ1v) is 8.89. The van der Waals surface area contributed by atoms with Crippen LogP contribution in [0.1, 0.15) is 51.6 Å². The van der Waals surface area contributed by atoms with Gasteiger partial charge in [0.1, 0.15) is 5.75 Å². The summed E-state index contributed by atoms with van der Waals surface area (Å²) in [6, 6.07) is 7.62. The second kappa shape index (κ2) is 9.14. The second-order valence-corrected chi connectivity index (χ2v) is 6.98. The molecule has 0 aliphatic rings. The smallest absolute Gasteiger partial charge is 0.119 e. The number of benzene rings is 1. The summed E-state index contributed by atoms with van der Waals surface area (Å²) in [6.45, 7) is 6.15. The van der Waals surface area contributed by atoms with Crippen LogP contribution in [0.4, 0.5) is 0 Å². The molecule has 2 N–H and O–H groups in total. The van der Waals surface area contributed by atoms with E-state index in [1.165, 1.54) is 0 Å². The Bertz CT molecular complexity index is 403. The molecule has 114 valence electrons. The first-order valence-electron chi connectivity index (χ1n) is 7.40. The Morgan fingerprint density at radius 2 is 1.85 bits per heavy atom. The van der Waals surface area contributed by atoms with Crippen LogP contribution < -0.4 is 10.5 Å². The average molecular weight is 297 g/mol. The Morgan fingerprint density at radius 1 is 1.20 bits per heavy atom. The van der Waals surface area contributed by atoms with Crippen molar-refractivity contribution in [1.82, 2.24) is 0 Å². The van der Waals surface area contributed by atoms with E-state index in [1.807, 2.05) is 38.1 Å². The highest BCUT2D eigenvalue weighted by atomic mass is 32.2. The van der Waals surface area contributed by atoms with Crippen LogP contribution in [0.2, 0.25) is 0 Å². The van der Waals surface area contributed by atoms with E-state index in [-0.39, 0.29) is 12.1 Å². The van der Waals surface area contributed by atoms with Crippen LogP contribution in [-0.4, -0.2) is 21.8 Å². The molecule has 1 aromatic carbocycles. The fourth-order valence-electron chi connectivity index (χ4n) is 1.96. The van der Waals surface area contributed by atoms with Crippen molar-refractivity contribution in [3.05, 3.63) is 29.8 Å². The lowest BCUT2D eigenvalue weighted by molar-refractivity contribution is 0.242. The molecule has 0 aliphatic heterocycles. The molecule has 2 unspecified atom stereocenters. The molecule has 0 saturated heterocycles. The second-order valence-electron chi connectivity index (χ2n) is 5.36. The summed E-state index contributed by atoms with van der Waals surface area (Å²) < 4.78 is 17.5. The van der Waals surface area contributed by atoms with Crippen LogP contribution in [0.25, 0.3) is 0 Å². The summed E-state index contributed by atoms with van der Waals surface area (Å²) in [5, 5.41) is 0. The molecule has 0 aromatic heterocycles. The fraction of sp³-hybridized carbons (Fsp3) is 0.625. The average Bonchev–Trinajstić information content (AvgIpc) is 2.39. The SMILES string of the molecule is CCCCCS(=O)CC(N)c1ccc(OC(C)C)cc1. The molecule has 0 aliphatic carbocycles. The van der Waals surface area contributed by atoms with Gasteiger partial charge in [-0.15, -0.1) is 0 Å². The predicted molar refractivity (Wildman–Crippen MR) is 86.5 cm³/mol. The van der Waals surface area contributed by atoms with E-state index in [2.05, 4.69) is 6.92 Å². The summed E-state index contributed by atoms with van der Waals surface area (Å²) >= 11 is 0. The number of nitrogens with two attached hydrogens (primary N) is 1. The van der Waals surface area contributed by atoms with Crippen molar-refractivity contribution in [2.75, 3.05) is 11.5 Å². The molecule has 0 heterocycles. The zero-order chi connectivity index (χ0) is 15.0. The van der Waals surface area contributed by atoms with E-state index < -0.39 is 10.8 Å². The molecular formula is C16H27NO2S. The highest BCUT2D eigenvalue weighted by Crippen LogP contribution is 2.18. The quantitative estimate of drug-likeness (QED) is 0.711. The zero-order valence-electron chi connectivity index (χ0n) is 12.8. The van der Waals surface area contributed by atoms with Crippen molar-refractivity contribution >= 4 is 10.8 Å². The van der Waals surface area contributed by atoms with Gasteiger partial charge in [0.15, 0.2) is 0 Å². The molecule has 0 radical (unpaired) electrons. The van der Waals surface area contributed by atoms with Gasteiger partial charge in [0.05, 0.1) is 6.10 Å². The Labute approximate surface area is 125 Å². The minimum Gasteiger partial charge on any atom is -0.491 e. The molecule has 0 spiro atoms. The van der Waals surface area contributed by atoms with Gasteiger partial charge in [0, 0.05) is 28.3 Å². The molecule has 0 saturated carbocycles. The standard InChI is InChI=1S/C16H27NO2S/c1-4-5-6-11-20(18)12-16(17)14-7-9-15(10-8-14)19-13(2)3/h7-10,13,16H,4-6,11-12,17H2,1-3H3. The van der Waals surface area contributed by atoms with Gasteiger partial charge >= 0.3 is 0 Å². The molecule has 1 aromatic rings. The first-order chi connectivity index (χ1) is 9.52. The Morgan fingerprint density at radius 3 is 2.40 bits per heavy atom. The molecule has 20 heavy (non-hydrogen) atoms. The van der Waals surface area contributed by atoms with Crippen LogP contribution in [0, 0.1) is 0 Å².